The minimum Gasteiger partial charge on any atom is -0.748 e. The molecule has 0 aromatic carbocycles. The zero-order valence-corrected chi connectivity index (χ0v) is 11.6. The van der Waals surface area contributed by atoms with E-state index in [9.17, 15) is 13.0 Å². The van der Waals surface area contributed by atoms with Gasteiger partial charge in [0.15, 0.2) is 0 Å². The van der Waals surface area contributed by atoms with Gasteiger partial charge >= 0.3 is 51.4 Å². The van der Waals surface area contributed by atoms with E-state index in [-0.39, 0.29) is 57.1 Å². The first-order chi connectivity index (χ1) is 4.97. The summed E-state index contributed by atoms with van der Waals surface area (Å²) in [5.74, 6) is -0.243. The first-order valence-electron chi connectivity index (χ1n) is 3.31. The summed E-state index contributed by atoms with van der Waals surface area (Å²) in [5, 5.41) is 0. The Hall–Kier alpha value is 1.47. The molecule has 0 saturated heterocycles. The van der Waals surface area contributed by atoms with Crippen molar-refractivity contribution in [2.45, 2.75) is 13.3 Å². The van der Waals surface area contributed by atoms with E-state index in [1.54, 1.807) is 6.92 Å². The maximum Gasteiger partial charge on any atom is 1.00 e. The molecule has 0 radical (unpaired) electrons. The molecule has 5 nitrogen and oxygen atoms in total. The number of nitrogens with two attached hydrogens (primary N) is 2. The third-order valence-electron chi connectivity index (χ3n) is 0.621. The normalized spacial score (nSPS) is 9.33. The molecule has 70 valence electrons. The van der Waals surface area contributed by atoms with Crippen LogP contribution in [0.15, 0.2) is 0 Å². The van der Waals surface area contributed by atoms with Crippen LogP contribution in [0, 0.1) is 0 Å². The smallest absolute Gasteiger partial charge is 0.748 e. The Labute approximate surface area is 116 Å². The Morgan fingerprint density at radius 1 is 1.25 bits per heavy atom. The predicted octanol–water partition coefficient (Wildman–Crippen LogP) is -4.15. The molecule has 0 aromatic heterocycles. The molecule has 0 amide bonds. The summed E-state index contributed by atoms with van der Waals surface area (Å²) in [6.07, 6.45) is 0.409. The SMILES string of the molecule is CCCS(=O)(=O)[O-].NCCN.[K+]. The fourth-order valence-electron chi connectivity index (χ4n) is 0.250. The van der Waals surface area contributed by atoms with Crippen LogP contribution in [0.25, 0.3) is 0 Å². The van der Waals surface area contributed by atoms with Gasteiger partial charge in [0.2, 0.25) is 0 Å². The number of hydrogen-bond donors (Lipinski definition) is 2. The van der Waals surface area contributed by atoms with Crippen LogP contribution in [-0.4, -0.2) is 31.8 Å². The molecule has 12 heavy (non-hydrogen) atoms. The van der Waals surface area contributed by atoms with Gasteiger partial charge in [-0.1, -0.05) is 6.92 Å². The second kappa shape index (κ2) is 12.5. The molecule has 0 spiro atoms. The molecule has 0 heterocycles. The van der Waals surface area contributed by atoms with Crippen molar-refractivity contribution >= 4 is 10.1 Å². The van der Waals surface area contributed by atoms with Crippen molar-refractivity contribution in [3.05, 3.63) is 0 Å². The molecule has 0 bridgehead atoms. The van der Waals surface area contributed by atoms with Gasteiger partial charge in [-0.15, -0.1) is 0 Å². The zero-order chi connectivity index (χ0) is 9.33. The fourth-order valence-corrected chi connectivity index (χ4v) is 0.750. The van der Waals surface area contributed by atoms with E-state index in [1.165, 1.54) is 0 Å². The van der Waals surface area contributed by atoms with Gasteiger partial charge in [-0.2, -0.15) is 0 Å². The molecule has 0 aromatic rings. The van der Waals surface area contributed by atoms with E-state index in [0.29, 0.717) is 19.5 Å². The number of hydrogen-bond acceptors (Lipinski definition) is 5. The van der Waals surface area contributed by atoms with Crippen molar-refractivity contribution < 1.29 is 64.4 Å². The van der Waals surface area contributed by atoms with Crippen molar-refractivity contribution in [2.24, 2.45) is 11.5 Å². The van der Waals surface area contributed by atoms with Crippen LogP contribution in [0.1, 0.15) is 13.3 Å². The predicted molar refractivity (Wildman–Crippen MR) is 43.0 cm³/mol. The maximum absolute atomic E-state index is 9.68. The van der Waals surface area contributed by atoms with E-state index in [2.05, 4.69) is 0 Å². The maximum atomic E-state index is 9.68. The third-order valence-corrected chi connectivity index (χ3v) is 1.53. The van der Waals surface area contributed by atoms with Crippen LogP contribution in [-0.2, 0) is 10.1 Å². The first-order valence-corrected chi connectivity index (χ1v) is 4.89. The van der Waals surface area contributed by atoms with Crippen LogP contribution in [0.2, 0.25) is 0 Å². The van der Waals surface area contributed by atoms with Gasteiger partial charge < -0.3 is 16.0 Å². The van der Waals surface area contributed by atoms with Gasteiger partial charge in [-0.3, -0.25) is 0 Å². The Morgan fingerprint density at radius 2 is 1.58 bits per heavy atom. The van der Waals surface area contributed by atoms with Crippen LogP contribution >= 0.6 is 0 Å². The summed E-state index contributed by atoms with van der Waals surface area (Å²) in [7, 11) is -3.92. The monoisotopic (exact) mass is 222 g/mol. The molecule has 7 heteroatoms. The fraction of sp³-hybridized carbons (Fsp3) is 1.00. The molecule has 0 atom stereocenters. The molecule has 0 fully saturated rings. The standard InChI is InChI=1S/C3H8O3S.C2H8N2.K/c1-2-3-7(4,5)6;3-1-2-4;/h2-3H2,1H3,(H,4,5,6);1-4H2;/q;;+1/p-1. The molecule has 0 rings (SSSR count). The Bertz CT molecular complexity index is 158. The minimum absolute atomic E-state index is 0. The minimum atomic E-state index is -3.92. The van der Waals surface area contributed by atoms with Crippen LogP contribution in [0.4, 0.5) is 0 Å². The first kappa shape index (κ1) is 19.1. The van der Waals surface area contributed by atoms with Crippen LogP contribution < -0.4 is 62.9 Å². The van der Waals surface area contributed by atoms with E-state index in [4.69, 9.17) is 11.5 Å². The average molecular weight is 222 g/mol. The van der Waals surface area contributed by atoms with Crippen molar-refractivity contribution in [2.75, 3.05) is 18.8 Å². The summed E-state index contributed by atoms with van der Waals surface area (Å²) >= 11 is 0. The summed E-state index contributed by atoms with van der Waals surface area (Å²) < 4.78 is 29.0. The van der Waals surface area contributed by atoms with Crippen molar-refractivity contribution in [3.8, 4) is 0 Å². The van der Waals surface area contributed by atoms with E-state index in [0.717, 1.165) is 0 Å². The van der Waals surface area contributed by atoms with Gasteiger partial charge in [0.1, 0.15) is 0 Å². The number of rotatable bonds is 3. The van der Waals surface area contributed by atoms with Crippen LogP contribution in [0.5, 0.6) is 0 Å². The van der Waals surface area contributed by atoms with E-state index < -0.39 is 10.1 Å². The molecule has 0 aliphatic carbocycles. The summed E-state index contributed by atoms with van der Waals surface area (Å²) in [6.45, 7) is 2.84. The second-order valence-electron chi connectivity index (χ2n) is 1.84. The molecule has 0 unspecified atom stereocenters. The van der Waals surface area contributed by atoms with E-state index in [1.807, 2.05) is 0 Å². The third kappa shape index (κ3) is 30.0. The van der Waals surface area contributed by atoms with Gasteiger partial charge in [-0.05, 0) is 6.42 Å². The van der Waals surface area contributed by atoms with Crippen molar-refractivity contribution in [1.82, 2.24) is 0 Å². The summed E-state index contributed by atoms with van der Waals surface area (Å²) in [5.41, 5.74) is 9.81. The molecular weight excluding hydrogens is 207 g/mol. The van der Waals surface area contributed by atoms with E-state index >= 15 is 0 Å². The quantitative estimate of drug-likeness (QED) is 0.372. The van der Waals surface area contributed by atoms with Crippen molar-refractivity contribution in [1.29, 1.82) is 0 Å². The summed E-state index contributed by atoms with van der Waals surface area (Å²) in [4.78, 5) is 0. The van der Waals surface area contributed by atoms with Gasteiger partial charge in [0, 0.05) is 18.8 Å². The average Bonchev–Trinajstić information content (AvgIpc) is 1.86. The Kier molecular flexibility index (Phi) is 19.8. The van der Waals surface area contributed by atoms with Crippen molar-refractivity contribution in [3.63, 3.8) is 0 Å². The van der Waals surface area contributed by atoms with Gasteiger partial charge in [-0.25, -0.2) is 8.42 Å². The Balaban J connectivity index is -0.000000142. The van der Waals surface area contributed by atoms with Crippen LogP contribution in [0.3, 0.4) is 0 Å². The molecule has 0 saturated carbocycles. The zero-order valence-electron chi connectivity index (χ0n) is 7.62. The molecule has 0 aliphatic heterocycles. The summed E-state index contributed by atoms with van der Waals surface area (Å²) in [6, 6.07) is 0. The molecule has 4 N–H and O–H groups in total. The largest absolute Gasteiger partial charge is 1.00 e. The van der Waals surface area contributed by atoms with Gasteiger partial charge in [0.05, 0.1) is 10.1 Å². The second-order valence-corrected chi connectivity index (χ2v) is 3.36. The topological polar surface area (TPSA) is 109 Å². The molecular formula is C5H15KN2O3S. The Morgan fingerprint density at radius 3 is 1.58 bits per heavy atom. The van der Waals surface area contributed by atoms with Gasteiger partial charge in [0.25, 0.3) is 0 Å². The molecule has 0 aliphatic rings.